The van der Waals surface area contributed by atoms with Gasteiger partial charge in [-0.25, -0.2) is 4.79 Å². The van der Waals surface area contributed by atoms with Crippen molar-refractivity contribution >= 4 is 6.09 Å². The molecule has 4 heteroatoms. The summed E-state index contributed by atoms with van der Waals surface area (Å²) in [6.45, 7) is 9.10. The number of hydrogen-bond acceptors (Lipinski definition) is 3. The van der Waals surface area contributed by atoms with Crippen molar-refractivity contribution in [2.75, 3.05) is 0 Å². The summed E-state index contributed by atoms with van der Waals surface area (Å²) in [4.78, 5) is 11.4. The van der Waals surface area contributed by atoms with Crippen LogP contribution in [0.2, 0.25) is 0 Å². The molecule has 0 spiro atoms. The number of ether oxygens (including phenoxy) is 1. The molecule has 0 saturated heterocycles. The number of amides is 1. The summed E-state index contributed by atoms with van der Waals surface area (Å²) in [6, 6.07) is -0.363. The number of hydrogen-bond donors (Lipinski definition) is 2. The van der Waals surface area contributed by atoms with E-state index in [1.165, 1.54) is 0 Å². The Morgan fingerprint density at radius 2 is 2.06 bits per heavy atom. The number of nitrogens with one attached hydrogen (secondary N) is 1. The number of aliphatic hydroxyl groups is 1. The third kappa shape index (κ3) is 7.29. The van der Waals surface area contributed by atoms with Crippen molar-refractivity contribution in [2.24, 2.45) is 0 Å². The van der Waals surface area contributed by atoms with Gasteiger partial charge in [0, 0.05) is 0 Å². The molecule has 0 fully saturated rings. The van der Waals surface area contributed by atoms with Crippen LogP contribution in [-0.4, -0.2) is 28.9 Å². The number of rotatable bonds is 4. The Hall–Kier alpha value is -1.03. The van der Waals surface area contributed by atoms with Gasteiger partial charge in [-0.1, -0.05) is 19.1 Å². The first-order chi connectivity index (χ1) is 7.26. The zero-order chi connectivity index (χ0) is 12.8. The third-order valence-electron chi connectivity index (χ3n) is 1.83. The zero-order valence-corrected chi connectivity index (χ0v) is 10.8. The fraction of sp³-hybridized carbons (Fsp3) is 0.750. The fourth-order valence-corrected chi connectivity index (χ4v) is 1.02. The van der Waals surface area contributed by atoms with Crippen LogP contribution >= 0.6 is 0 Å². The summed E-state index contributed by atoms with van der Waals surface area (Å²) in [5, 5.41) is 12.2. The smallest absolute Gasteiger partial charge is 0.407 e. The number of aliphatic hydroxyl groups excluding tert-OH is 1. The van der Waals surface area contributed by atoms with Gasteiger partial charge in [-0.2, -0.15) is 0 Å². The molecule has 0 bridgehead atoms. The van der Waals surface area contributed by atoms with Gasteiger partial charge in [-0.05, 0) is 34.1 Å². The van der Waals surface area contributed by atoms with Gasteiger partial charge >= 0.3 is 6.09 Å². The molecule has 0 rings (SSSR count). The lowest BCUT2D eigenvalue weighted by atomic mass is 10.1. The van der Waals surface area contributed by atoms with E-state index in [-0.39, 0.29) is 6.04 Å². The van der Waals surface area contributed by atoms with Crippen molar-refractivity contribution in [1.29, 1.82) is 0 Å². The van der Waals surface area contributed by atoms with Crippen molar-refractivity contribution in [2.45, 2.75) is 58.8 Å². The molecule has 2 atom stereocenters. The lowest BCUT2D eigenvalue weighted by Gasteiger charge is -2.23. The fourth-order valence-electron chi connectivity index (χ4n) is 1.02. The molecule has 0 aliphatic heterocycles. The highest BCUT2D eigenvalue weighted by Gasteiger charge is 2.19. The number of alkyl carbamates (subject to hydrolysis) is 1. The van der Waals surface area contributed by atoms with Gasteiger partial charge in [0.25, 0.3) is 0 Å². The van der Waals surface area contributed by atoms with Crippen molar-refractivity contribution in [3.8, 4) is 0 Å². The Kier molecular flexibility index (Phi) is 6.11. The topological polar surface area (TPSA) is 58.6 Å². The van der Waals surface area contributed by atoms with E-state index in [2.05, 4.69) is 5.32 Å². The predicted octanol–water partition coefficient (Wildman–Crippen LogP) is 2.23. The maximum Gasteiger partial charge on any atom is 0.407 e. The monoisotopic (exact) mass is 229 g/mol. The SMILES string of the molecule is CCC=CC(O)C(C)NC(=O)OC(C)(C)C. The highest BCUT2D eigenvalue weighted by atomic mass is 16.6. The maximum atomic E-state index is 11.4. The van der Waals surface area contributed by atoms with Crippen molar-refractivity contribution in [1.82, 2.24) is 5.32 Å². The largest absolute Gasteiger partial charge is 0.444 e. The Morgan fingerprint density at radius 1 is 1.50 bits per heavy atom. The average molecular weight is 229 g/mol. The summed E-state index contributed by atoms with van der Waals surface area (Å²) in [7, 11) is 0. The second-order valence-electron chi connectivity index (χ2n) is 4.76. The Bertz CT molecular complexity index is 243. The van der Waals surface area contributed by atoms with Crippen LogP contribution in [-0.2, 0) is 4.74 Å². The van der Waals surface area contributed by atoms with Crippen molar-refractivity contribution in [3.63, 3.8) is 0 Å². The summed E-state index contributed by atoms with van der Waals surface area (Å²) < 4.78 is 5.08. The lowest BCUT2D eigenvalue weighted by Crippen LogP contribution is -2.43. The van der Waals surface area contributed by atoms with Gasteiger partial charge in [-0.3, -0.25) is 0 Å². The molecule has 0 aliphatic carbocycles. The molecular weight excluding hydrogens is 206 g/mol. The first-order valence-electron chi connectivity index (χ1n) is 5.60. The van der Waals surface area contributed by atoms with Gasteiger partial charge in [0.05, 0.1) is 12.1 Å². The number of allylic oxidation sites excluding steroid dienone is 1. The van der Waals surface area contributed by atoms with Crippen LogP contribution < -0.4 is 5.32 Å². The number of carbonyl (C=O) groups excluding carboxylic acids is 1. The minimum atomic E-state index is -0.688. The highest BCUT2D eigenvalue weighted by molar-refractivity contribution is 5.68. The third-order valence-corrected chi connectivity index (χ3v) is 1.83. The van der Waals surface area contributed by atoms with Crippen LogP contribution in [0.5, 0.6) is 0 Å². The van der Waals surface area contributed by atoms with Crippen molar-refractivity contribution < 1.29 is 14.6 Å². The molecule has 94 valence electrons. The molecule has 0 heterocycles. The molecule has 0 aromatic carbocycles. The van der Waals surface area contributed by atoms with Crippen LogP contribution in [0.1, 0.15) is 41.0 Å². The van der Waals surface area contributed by atoms with Crippen LogP contribution in [0.4, 0.5) is 4.79 Å². The molecule has 0 radical (unpaired) electrons. The first kappa shape index (κ1) is 15.0. The number of carbonyl (C=O) groups is 1. The van der Waals surface area contributed by atoms with Crippen LogP contribution in [0.25, 0.3) is 0 Å². The first-order valence-corrected chi connectivity index (χ1v) is 5.60. The van der Waals surface area contributed by atoms with Crippen LogP contribution in [0.3, 0.4) is 0 Å². The molecule has 2 N–H and O–H groups in total. The van der Waals surface area contributed by atoms with E-state index >= 15 is 0 Å². The predicted molar refractivity (Wildman–Crippen MR) is 64.3 cm³/mol. The van der Waals surface area contributed by atoms with E-state index < -0.39 is 17.8 Å². The van der Waals surface area contributed by atoms with Crippen molar-refractivity contribution in [3.05, 3.63) is 12.2 Å². The van der Waals surface area contributed by atoms with Gasteiger partial charge in [0.1, 0.15) is 5.60 Å². The molecule has 16 heavy (non-hydrogen) atoms. The molecule has 4 nitrogen and oxygen atoms in total. The second-order valence-corrected chi connectivity index (χ2v) is 4.76. The van der Waals surface area contributed by atoms with E-state index in [1.54, 1.807) is 33.8 Å². The van der Waals surface area contributed by atoms with Gasteiger partial charge in [0.2, 0.25) is 0 Å². The molecule has 0 aromatic rings. The minimum Gasteiger partial charge on any atom is -0.444 e. The molecule has 2 unspecified atom stereocenters. The molecule has 1 amide bonds. The summed E-state index contributed by atoms with van der Waals surface area (Å²) in [5.74, 6) is 0. The van der Waals surface area contributed by atoms with Crippen LogP contribution in [0, 0.1) is 0 Å². The van der Waals surface area contributed by atoms with E-state index in [0.717, 1.165) is 6.42 Å². The Morgan fingerprint density at radius 3 is 2.50 bits per heavy atom. The summed E-state index contributed by atoms with van der Waals surface area (Å²) >= 11 is 0. The van der Waals surface area contributed by atoms with E-state index in [0.29, 0.717) is 0 Å². The minimum absolute atomic E-state index is 0.363. The van der Waals surface area contributed by atoms with Gasteiger partial charge < -0.3 is 15.2 Å². The summed E-state index contributed by atoms with van der Waals surface area (Å²) in [6.07, 6.45) is 3.19. The van der Waals surface area contributed by atoms with Gasteiger partial charge in [-0.15, -0.1) is 0 Å². The van der Waals surface area contributed by atoms with E-state index in [4.69, 9.17) is 4.74 Å². The second kappa shape index (κ2) is 6.53. The van der Waals surface area contributed by atoms with E-state index in [9.17, 15) is 9.90 Å². The normalized spacial score (nSPS) is 15.9. The standard InChI is InChI=1S/C12H23NO3/c1-6-7-8-10(14)9(2)13-11(15)16-12(3,4)5/h7-10,14H,6H2,1-5H3,(H,13,15). The zero-order valence-electron chi connectivity index (χ0n) is 10.8. The lowest BCUT2D eigenvalue weighted by molar-refractivity contribution is 0.0465. The Balaban J connectivity index is 4.09. The van der Waals surface area contributed by atoms with Gasteiger partial charge in [0.15, 0.2) is 0 Å². The molecule has 0 aromatic heterocycles. The highest BCUT2D eigenvalue weighted by Crippen LogP contribution is 2.07. The maximum absolute atomic E-state index is 11.4. The van der Waals surface area contributed by atoms with Crippen LogP contribution in [0.15, 0.2) is 12.2 Å². The average Bonchev–Trinajstić information content (AvgIpc) is 2.10. The Labute approximate surface area is 97.7 Å². The quantitative estimate of drug-likeness (QED) is 0.727. The molecule has 0 aliphatic rings. The summed E-state index contributed by atoms with van der Waals surface area (Å²) in [5.41, 5.74) is -0.520. The van der Waals surface area contributed by atoms with E-state index in [1.807, 2.05) is 13.0 Å². The molecular formula is C12H23NO3. The molecule has 0 saturated carbocycles.